The SMILES string of the molecule is CCc1ccc2nc(N(Cc3cccnc3)C(=O)c3ccc(Cl)s3)sc2c1. The Balaban J connectivity index is 1.75. The third kappa shape index (κ3) is 3.88. The second-order valence-corrected chi connectivity index (χ2v) is 8.73. The van der Waals surface area contributed by atoms with E-state index in [-0.39, 0.29) is 5.91 Å². The van der Waals surface area contributed by atoms with Gasteiger partial charge in [-0.15, -0.1) is 11.3 Å². The third-order valence-corrected chi connectivity index (χ3v) is 6.43. The molecule has 0 fully saturated rings. The highest BCUT2D eigenvalue weighted by Crippen LogP contribution is 2.33. The van der Waals surface area contributed by atoms with Crippen molar-refractivity contribution in [3.63, 3.8) is 0 Å². The molecule has 0 unspecified atom stereocenters. The fourth-order valence-corrected chi connectivity index (χ4v) is 4.77. The molecule has 0 aliphatic rings. The Bertz CT molecular complexity index is 1090. The topological polar surface area (TPSA) is 46.1 Å². The van der Waals surface area contributed by atoms with Crippen LogP contribution in [0.3, 0.4) is 0 Å². The molecule has 0 saturated carbocycles. The number of aryl methyl sites for hydroxylation is 1. The molecule has 1 amide bonds. The summed E-state index contributed by atoms with van der Waals surface area (Å²) in [5.41, 5.74) is 3.11. The van der Waals surface area contributed by atoms with Crippen LogP contribution >= 0.6 is 34.3 Å². The zero-order valence-corrected chi connectivity index (χ0v) is 16.9. The van der Waals surface area contributed by atoms with Gasteiger partial charge in [0.1, 0.15) is 0 Å². The van der Waals surface area contributed by atoms with E-state index in [1.54, 1.807) is 29.4 Å². The number of carbonyl (C=O) groups is 1. The van der Waals surface area contributed by atoms with Crippen molar-refractivity contribution < 1.29 is 4.79 Å². The molecule has 4 nitrogen and oxygen atoms in total. The van der Waals surface area contributed by atoms with Crippen molar-refractivity contribution in [2.45, 2.75) is 19.9 Å². The third-order valence-electron chi connectivity index (χ3n) is 4.17. The molecule has 3 heterocycles. The summed E-state index contributed by atoms with van der Waals surface area (Å²) in [7, 11) is 0. The maximum Gasteiger partial charge on any atom is 0.270 e. The van der Waals surface area contributed by atoms with Gasteiger partial charge < -0.3 is 0 Å². The number of benzene rings is 1. The fourth-order valence-electron chi connectivity index (χ4n) is 2.76. The van der Waals surface area contributed by atoms with Crippen molar-refractivity contribution >= 4 is 55.5 Å². The second-order valence-electron chi connectivity index (χ2n) is 6.01. The van der Waals surface area contributed by atoms with Crippen LogP contribution in [0.4, 0.5) is 5.13 Å². The van der Waals surface area contributed by atoms with Gasteiger partial charge >= 0.3 is 0 Å². The number of hydrogen-bond acceptors (Lipinski definition) is 5. The van der Waals surface area contributed by atoms with Crippen LogP contribution in [-0.2, 0) is 13.0 Å². The summed E-state index contributed by atoms with van der Waals surface area (Å²) in [4.78, 5) is 24.4. The number of fused-ring (bicyclic) bond motifs is 1. The number of anilines is 1. The van der Waals surface area contributed by atoms with Crippen LogP contribution in [0.1, 0.15) is 27.7 Å². The summed E-state index contributed by atoms with van der Waals surface area (Å²) in [6.07, 6.45) is 4.46. The lowest BCUT2D eigenvalue weighted by Crippen LogP contribution is -2.29. The van der Waals surface area contributed by atoms with E-state index in [0.29, 0.717) is 20.9 Å². The first-order chi connectivity index (χ1) is 13.1. The molecule has 4 aromatic rings. The van der Waals surface area contributed by atoms with Gasteiger partial charge in [0.2, 0.25) is 0 Å². The Morgan fingerprint density at radius 1 is 1.15 bits per heavy atom. The minimum Gasteiger partial charge on any atom is -0.279 e. The Hall–Kier alpha value is -2.28. The van der Waals surface area contributed by atoms with Gasteiger partial charge in [0.25, 0.3) is 5.91 Å². The lowest BCUT2D eigenvalue weighted by Gasteiger charge is -2.19. The van der Waals surface area contributed by atoms with E-state index in [9.17, 15) is 4.79 Å². The smallest absolute Gasteiger partial charge is 0.270 e. The molecule has 136 valence electrons. The van der Waals surface area contributed by atoms with Crippen molar-refractivity contribution in [1.82, 2.24) is 9.97 Å². The van der Waals surface area contributed by atoms with Gasteiger partial charge in [0, 0.05) is 12.4 Å². The molecule has 3 aromatic heterocycles. The summed E-state index contributed by atoms with van der Waals surface area (Å²) in [5.74, 6) is -0.106. The van der Waals surface area contributed by atoms with Gasteiger partial charge in [-0.2, -0.15) is 0 Å². The van der Waals surface area contributed by atoms with E-state index < -0.39 is 0 Å². The Labute approximate surface area is 170 Å². The van der Waals surface area contributed by atoms with Crippen LogP contribution in [0, 0.1) is 0 Å². The normalized spacial score (nSPS) is 11.0. The summed E-state index contributed by atoms with van der Waals surface area (Å²) in [6.45, 7) is 2.53. The summed E-state index contributed by atoms with van der Waals surface area (Å²) in [5, 5.41) is 0.677. The van der Waals surface area contributed by atoms with Crippen LogP contribution in [-0.4, -0.2) is 15.9 Å². The molecule has 0 spiro atoms. The van der Waals surface area contributed by atoms with Gasteiger partial charge in [-0.3, -0.25) is 14.7 Å². The van der Waals surface area contributed by atoms with E-state index in [1.165, 1.54) is 28.2 Å². The number of nitrogens with zero attached hydrogens (tertiary/aromatic N) is 3. The molecule has 0 atom stereocenters. The lowest BCUT2D eigenvalue weighted by atomic mass is 10.2. The number of halogens is 1. The first kappa shape index (κ1) is 18.1. The van der Waals surface area contributed by atoms with Crippen LogP contribution < -0.4 is 4.90 Å². The number of amides is 1. The minimum absolute atomic E-state index is 0.106. The van der Waals surface area contributed by atoms with E-state index in [0.717, 1.165) is 22.2 Å². The number of thiazole rings is 1. The Morgan fingerprint density at radius 2 is 2.04 bits per heavy atom. The number of rotatable bonds is 5. The van der Waals surface area contributed by atoms with Gasteiger partial charge in [-0.05, 0) is 47.9 Å². The molecule has 0 aliphatic heterocycles. The zero-order chi connectivity index (χ0) is 18.8. The molecule has 27 heavy (non-hydrogen) atoms. The summed E-state index contributed by atoms with van der Waals surface area (Å²) < 4.78 is 1.68. The first-order valence-corrected chi connectivity index (χ1v) is 10.5. The van der Waals surface area contributed by atoms with Gasteiger partial charge in [0.05, 0.1) is 26.0 Å². The van der Waals surface area contributed by atoms with Gasteiger partial charge in [-0.25, -0.2) is 4.98 Å². The van der Waals surface area contributed by atoms with Crippen molar-refractivity contribution in [3.05, 3.63) is 75.2 Å². The van der Waals surface area contributed by atoms with Gasteiger partial charge in [0.15, 0.2) is 5.13 Å². The monoisotopic (exact) mass is 413 g/mol. The van der Waals surface area contributed by atoms with Crippen LogP contribution in [0.2, 0.25) is 4.34 Å². The lowest BCUT2D eigenvalue weighted by molar-refractivity contribution is 0.0989. The fraction of sp³-hybridized carbons (Fsp3) is 0.150. The predicted octanol–water partition coefficient (Wildman–Crippen LogP) is 5.82. The highest BCUT2D eigenvalue weighted by Gasteiger charge is 2.23. The van der Waals surface area contributed by atoms with E-state index in [1.807, 2.05) is 18.2 Å². The summed E-state index contributed by atoms with van der Waals surface area (Å²) >= 11 is 8.84. The highest BCUT2D eigenvalue weighted by atomic mass is 35.5. The van der Waals surface area contributed by atoms with Crippen molar-refractivity contribution in [2.75, 3.05) is 4.90 Å². The number of hydrogen-bond donors (Lipinski definition) is 0. The largest absolute Gasteiger partial charge is 0.279 e. The van der Waals surface area contributed by atoms with Crippen LogP contribution in [0.25, 0.3) is 10.2 Å². The highest BCUT2D eigenvalue weighted by molar-refractivity contribution is 7.22. The first-order valence-electron chi connectivity index (χ1n) is 8.49. The second kappa shape index (κ2) is 7.76. The van der Waals surface area contributed by atoms with Crippen molar-refractivity contribution in [3.8, 4) is 0 Å². The van der Waals surface area contributed by atoms with Crippen molar-refractivity contribution in [1.29, 1.82) is 0 Å². The van der Waals surface area contributed by atoms with Crippen molar-refractivity contribution in [2.24, 2.45) is 0 Å². The predicted molar refractivity (Wildman–Crippen MR) is 113 cm³/mol. The number of pyridine rings is 1. The molecule has 1 aromatic carbocycles. The average molecular weight is 414 g/mol. The van der Waals surface area contributed by atoms with Gasteiger partial charge in [-0.1, -0.05) is 42.0 Å². The molecule has 0 saturated heterocycles. The number of thiophene rings is 1. The molecule has 0 bridgehead atoms. The van der Waals surface area contributed by atoms with Crippen LogP contribution in [0.5, 0.6) is 0 Å². The average Bonchev–Trinajstić information content (AvgIpc) is 3.31. The molecular weight excluding hydrogens is 398 g/mol. The minimum atomic E-state index is -0.106. The Kier molecular flexibility index (Phi) is 5.20. The zero-order valence-electron chi connectivity index (χ0n) is 14.6. The Morgan fingerprint density at radius 3 is 2.74 bits per heavy atom. The molecule has 4 rings (SSSR count). The number of aromatic nitrogens is 2. The van der Waals surface area contributed by atoms with E-state index in [4.69, 9.17) is 16.6 Å². The molecule has 7 heteroatoms. The molecule has 0 N–H and O–H groups in total. The quantitative estimate of drug-likeness (QED) is 0.414. The maximum atomic E-state index is 13.2. The van der Waals surface area contributed by atoms with E-state index in [2.05, 4.69) is 24.0 Å². The number of carbonyl (C=O) groups excluding carboxylic acids is 1. The maximum absolute atomic E-state index is 13.2. The van der Waals surface area contributed by atoms with Crippen LogP contribution in [0.15, 0.2) is 54.9 Å². The van der Waals surface area contributed by atoms with E-state index >= 15 is 0 Å². The summed E-state index contributed by atoms with van der Waals surface area (Å²) in [6, 6.07) is 13.6. The molecular formula is C20H16ClN3OS2. The standard InChI is InChI=1S/C20H16ClN3OS2/c1-2-13-5-6-15-17(10-13)27-20(23-15)24(12-14-4-3-9-22-11-14)19(25)16-7-8-18(21)26-16/h3-11H,2,12H2,1H3. The molecule has 0 radical (unpaired) electrons. The molecule has 0 aliphatic carbocycles.